The fraction of sp³-hybridized carbons (Fsp3) is 0. The summed E-state index contributed by atoms with van der Waals surface area (Å²) >= 11 is 6.51. The molecule has 0 aliphatic heterocycles. The van der Waals surface area contributed by atoms with E-state index in [1.54, 1.807) is 12.1 Å². The van der Waals surface area contributed by atoms with Crippen LogP contribution in [-0.4, -0.2) is 22.2 Å². The van der Waals surface area contributed by atoms with Gasteiger partial charge in [-0.15, -0.1) is 0 Å². The summed E-state index contributed by atoms with van der Waals surface area (Å²) in [6.45, 7) is 0. The van der Waals surface area contributed by atoms with Gasteiger partial charge >= 0.3 is 11.9 Å². The van der Waals surface area contributed by atoms with Crippen molar-refractivity contribution < 1.29 is 19.8 Å². The van der Waals surface area contributed by atoms with Crippen molar-refractivity contribution in [3.8, 4) is 0 Å². The minimum atomic E-state index is -1.16. The number of carboxylic acid groups (broad SMARTS) is 2. The van der Waals surface area contributed by atoms with Gasteiger partial charge in [0.1, 0.15) is 0 Å². The Kier molecular flexibility index (Phi) is 3.41. The zero-order valence-corrected chi connectivity index (χ0v) is 11.9. The molecule has 0 amide bonds. The van der Waals surface area contributed by atoms with Gasteiger partial charge in [-0.05, 0) is 29.7 Å². The second kappa shape index (κ2) is 4.70. The lowest BCUT2D eigenvalue weighted by Crippen LogP contribution is -2.04. The Hall–Kier alpha value is -1.40. The van der Waals surface area contributed by atoms with Crippen LogP contribution in [0.15, 0.2) is 33.2 Å². The molecule has 0 aliphatic rings. The van der Waals surface area contributed by atoms with E-state index in [1.807, 2.05) is 0 Å². The molecule has 0 saturated carbocycles. The molecular formula is C12H6Br2O4. The summed E-state index contributed by atoms with van der Waals surface area (Å²) in [5.74, 6) is -2.32. The highest BCUT2D eigenvalue weighted by Gasteiger charge is 2.18. The van der Waals surface area contributed by atoms with Crippen LogP contribution in [0.4, 0.5) is 0 Å². The fourth-order valence-corrected chi connectivity index (χ4v) is 2.66. The fourth-order valence-electron chi connectivity index (χ4n) is 1.76. The summed E-state index contributed by atoms with van der Waals surface area (Å²) in [5.41, 5.74) is -0.0730. The van der Waals surface area contributed by atoms with Gasteiger partial charge in [0.05, 0.1) is 11.1 Å². The molecule has 18 heavy (non-hydrogen) atoms. The summed E-state index contributed by atoms with van der Waals surface area (Å²) in [5, 5.41) is 19.1. The molecule has 2 aromatic carbocycles. The molecule has 0 saturated heterocycles. The first kappa shape index (κ1) is 13.0. The third-order valence-corrected chi connectivity index (χ3v) is 3.64. The Bertz CT molecular complexity index is 679. The van der Waals surface area contributed by atoms with Crippen LogP contribution in [0.5, 0.6) is 0 Å². The molecule has 0 aromatic heterocycles. The highest BCUT2D eigenvalue weighted by atomic mass is 79.9. The number of benzene rings is 2. The number of fused-ring (bicyclic) bond motifs is 1. The summed E-state index contributed by atoms with van der Waals surface area (Å²) in [6, 6.07) is 6.04. The number of carboxylic acids is 2. The smallest absolute Gasteiger partial charge is 0.336 e. The van der Waals surface area contributed by atoms with Gasteiger partial charge in [0, 0.05) is 14.3 Å². The van der Waals surface area contributed by atoms with E-state index in [-0.39, 0.29) is 16.5 Å². The third kappa shape index (κ3) is 2.13. The first-order valence-corrected chi connectivity index (χ1v) is 6.38. The molecule has 6 heteroatoms. The number of hydrogen-bond acceptors (Lipinski definition) is 2. The van der Waals surface area contributed by atoms with Crippen molar-refractivity contribution in [1.82, 2.24) is 0 Å². The first-order valence-electron chi connectivity index (χ1n) is 4.80. The number of rotatable bonds is 2. The summed E-state index contributed by atoms with van der Waals surface area (Å²) in [7, 11) is 0. The predicted molar refractivity (Wildman–Crippen MR) is 73.3 cm³/mol. The Morgan fingerprint density at radius 2 is 1.56 bits per heavy atom. The molecule has 0 aliphatic carbocycles. The molecule has 2 rings (SSSR count). The lowest BCUT2D eigenvalue weighted by Gasteiger charge is -2.09. The second-order valence-corrected chi connectivity index (χ2v) is 5.35. The lowest BCUT2D eigenvalue weighted by atomic mass is 9.99. The molecule has 0 bridgehead atoms. The maximum Gasteiger partial charge on any atom is 0.336 e. The molecule has 2 N–H and O–H groups in total. The topological polar surface area (TPSA) is 74.6 Å². The Morgan fingerprint density at radius 1 is 0.944 bits per heavy atom. The van der Waals surface area contributed by atoms with Gasteiger partial charge in [-0.25, -0.2) is 9.59 Å². The molecule has 0 heterocycles. The zero-order valence-electron chi connectivity index (χ0n) is 8.78. The standard InChI is InChI=1S/C12H6Br2O4/c13-5-3-7-9(14)2-1-6(11(15)16)10(7)8(4-5)12(17)18/h1-4H,(H,15,16)(H,17,18). The molecule has 0 unspecified atom stereocenters. The number of carbonyl (C=O) groups is 2. The Labute approximate surface area is 118 Å². The van der Waals surface area contributed by atoms with Crippen LogP contribution in [0.25, 0.3) is 10.8 Å². The normalized spacial score (nSPS) is 10.6. The first-order chi connectivity index (χ1) is 8.41. The highest BCUT2D eigenvalue weighted by Crippen LogP contribution is 2.32. The summed E-state index contributed by atoms with van der Waals surface area (Å²) in [6.07, 6.45) is 0. The van der Waals surface area contributed by atoms with Gasteiger partial charge in [0.25, 0.3) is 0 Å². The van der Waals surface area contributed by atoms with Crippen molar-refractivity contribution in [3.05, 3.63) is 44.3 Å². The highest BCUT2D eigenvalue weighted by molar-refractivity contribution is 9.11. The van der Waals surface area contributed by atoms with E-state index in [0.29, 0.717) is 14.3 Å². The molecule has 2 aromatic rings. The largest absolute Gasteiger partial charge is 0.478 e. The van der Waals surface area contributed by atoms with E-state index < -0.39 is 11.9 Å². The monoisotopic (exact) mass is 372 g/mol. The van der Waals surface area contributed by atoms with Crippen molar-refractivity contribution in [3.63, 3.8) is 0 Å². The molecule has 4 nitrogen and oxygen atoms in total. The van der Waals surface area contributed by atoms with Crippen molar-refractivity contribution >= 4 is 54.6 Å². The van der Waals surface area contributed by atoms with Gasteiger partial charge < -0.3 is 10.2 Å². The van der Waals surface area contributed by atoms with Gasteiger partial charge in [0.2, 0.25) is 0 Å². The predicted octanol–water partition coefficient (Wildman–Crippen LogP) is 3.76. The average molecular weight is 374 g/mol. The van der Waals surface area contributed by atoms with Crippen LogP contribution in [0, 0.1) is 0 Å². The molecule has 92 valence electrons. The number of aromatic carboxylic acids is 2. The van der Waals surface area contributed by atoms with Crippen LogP contribution in [0.2, 0.25) is 0 Å². The van der Waals surface area contributed by atoms with E-state index >= 15 is 0 Å². The second-order valence-electron chi connectivity index (χ2n) is 3.58. The Morgan fingerprint density at radius 3 is 2.11 bits per heavy atom. The maximum absolute atomic E-state index is 11.2. The maximum atomic E-state index is 11.2. The summed E-state index contributed by atoms with van der Waals surface area (Å²) < 4.78 is 1.22. The minimum Gasteiger partial charge on any atom is -0.478 e. The van der Waals surface area contributed by atoms with E-state index in [2.05, 4.69) is 31.9 Å². The van der Waals surface area contributed by atoms with Crippen molar-refractivity contribution in [1.29, 1.82) is 0 Å². The van der Waals surface area contributed by atoms with Gasteiger partial charge in [-0.2, -0.15) is 0 Å². The lowest BCUT2D eigenvalue weighted by molar-refractivity contribution is 0.0695. The van der Waals surface area contributed by atoms with E-state index in [9.17, 15) is 14.7 Å². The summed E-state index contributed by atoms with van der Waals surface area (Å²) in [4.78, 5) is 22.4. The average Bonchev–Trinajstić information content (AvgIpc) is 2.28. The van der Waals surface area contributed by atoms with Gasteiger partial charge in [-0.1, -0.05) is 31.9 Å². The SMILES string of the molecule is O=C(O)c1ccc(Br)c2cc(Br)cc(C(=O)O)c12. The third-order valence-electron chi connectivity index (χ3n) is 2.49. The van der Waals surface area contributed by atoms with E-state index in [1.165, 1.54) is 12.1 Å². The van der Waals surface area contributed by atoms with E-state index in [0.717, 1.165) is 0 Å². The van der Waals surface area contributed by atoms with Gasteiger partial charge in [-0.3, -0.25) is 0 Å². The number of hydrogen-bond donors (Lipinski definition) is 2. The van der Waals surface area contributed by atoms with Gasteiger partial charge in [0.15, 0.2) is 0 Å². The quantitative estimate of drug-likeness (QED) is 0.840. The molecule has 0 atom stereocenters. The van der Waals surface area contributed by atoms with E-state index in [4.69, 9.17) is 5.11 Å². The zero-order chi connectivity index (χ0) is 13.4. The number of halogens is 2. The molecule has 0 fully saturated rings. The Balaban J connectivity index is 3.03. The van der Waals surface area contributed by atoms with Crippen LogP contribution in [-0.2, 0) is 0 Å². The van der Waals surface area contributed by atoms with Crippen molar-refractivity contribution in [2.75, 3.05) is 0 Å². The van der Waals surface area contributed by atoms with Crippen molar-refractivity contribution in [2.24, 2.45) is 0 Å². The van der Waals surface area contributed by atoms with Crippen LogP contribution >= 0.6 is 31.9 Å². The van der Waals surface area contributed by atoms with Crippen LogP contribution in [0.3, 0.4) is 0 Å². The van der Waals surface area contributed by atoms with Crippen LogP contribution in [0.1, 0.15) is 20.7 Å². The minimum absolute atomic E-state index is 0.0295. The molecule has 0 spiro atoms. The van der Waals surface area contributed by atoms with Crippen molar-refractivity contribution in [2.45, 2.75) is 0 Å². The molecular weight excluding hydrogens is 368 g/mol. The van der Waals surface area contributed by atoms with Crippen LogP contribution < -0.4 is 0 Å². The molecule has 0 radical (unpaired) electrons.